The average Bonchev–Trinajstić information content (AvgIpc) is 3.07. The number of ketones is 1. The predicted molar refractivity (Wildman–Crippen MR) is 77.2 cm³/mol. The summed E-state index contributed by atoms with van der Waals surface area (Å²) >= 11 is 0. The summed E-state index contributed by atoms with van der Waals surface area (Å²) in [6, 6.07) is 5.63. The highest BCUT2D eigenvalue weighted by atomic mass is 16.5. The minimum Gasteiger partial charge on any atom is -0.491 e. The summed E-state index contributed by atoms with van der Waals surface area (Å²) < 4.78 is 5.77. The lowest BCUT2D eigenvalue weighted by Crippen LogP contribution is -2.20. The molecule has 2 aliphatic rings. The first-order valence-electron chi connectivity index (χ1n) is 7.70. The van der Waals surface area contributed by atoms with E-state index in [2.05, 4.69) is 0 Å². The Hall–Kier alpha value is -1.35. The largest absolute Gasteiger partial charge is 0.491 e. The van der Waals surface area contributed by atoms with Crippen LogP contribution in [-0.2, 0) is 6.42 Å². The molecule has 0 aliphatic heterocycles. The van der Waals surface area contributed by atoms with Gasteiger partial charge in [-0.2, -0.15) is 0 Å². The molecule has 1 fully saturated rings. The van der Waals surface area contributed by atoms with Crippen molar-refractivity contribution in [1.29, 1.82) is 0 Å². The first-order valence-corrected chi connectivity index (χ1v) is 7.70. The Labute approximate surface area is 120 Å². The van der Waals surface area contributed by atoms with Crippen molar-refractivity contribution in [2.24, 2.45) is 5.92 Å². The molecule has 0 bridgehead atoms. The van der Waals surface area contributed by atoms with E-state index in [0.717, 1.165) is 29.7 Å². The molecular weight excluding hydrogens is 252 g/mol. The van der Waals surface area contributed by atoms with Crippen LogP contribution in [0.2, 0.25) is 0 Å². The van der Waals surface area contributed by atoms with Crippen LogP contribution in [0.3, 0.4) is 0 Å². The van der Waals surface area contributed by atoms with Crippen molar-refractivity contribution < 1.29 is 14.6 Å². The minimum atomic E-state index is -0.397. The number of aliphatic hydroxyl groups excluding tert-OH is 1. The molecule has 1 aromatic rings. The van der Waals surface area contributed by atoms with E-state index in [9.17, 15) is 9.90 Å². The lowest BCUT2D eigenvalue weighted by atomic mass is 10.0. The molecule has 3 heteroatoms. The van der Waals surface area contributed by atoms with Gasteiger partial charge in [-0.05, 0) is 24.8 Å². The molecule has 0 saturated heterocycles. The maximum absolute atomic E-state index is 11.7. The van der Waals surface area contributed by atoms with E-state index in [0.29, 0.717) is 18.9 Å². The molecule has 0 aromatic heterocycles. The number of carbonyl (C=O) groups excluding carboxylic acids is 1. The molecule has 20 heavy (non-hydrogen) atoms. The van der Waals surface area contributed by atoms with Crippen molar-refractivity contribution in [1.82, 2.24) is 0 Å². The Morgan fingerprint density at radius 1 is 1.25 bits per heavy atom. The summed E-state index contributed by atoms with van der Waals surface area (Å²) in [6.45, 7) is 0.334. The van der Waals surface area contributed by atoms with Gasteiger partial charge in [0.1, 0.15) is 12.4 Å². The molecule has 3 rings (SSSR count). The van der Waals surface area contributed by atoms with Crippen molar-refractivity contribution in [2.75, 3.05) is 6.61 Å². The van der Waals surface area contributed by atoms with E-state index in [-0.39, 0.29) is 5.78 Å². The van der Waals surface area contributed by atoms with Crippen molar-refractivity contribution in [3.05, 3.63) is 29.3 Å². The Morgan fingerprint density at radius 3 is 2.85 bits per heavy atom. The standard InChI is InChI=1S/C17H22O3/c18-13(10-12-4-1-2-5-12)11-20-17-7-3-6-14-15(17)8-9-16(14)19/h3,6-7,12-13,18H,1-2,4-5,8-11H2. The first kappa shape index (κ1) is 13.6. The van der Waals surface area contributed by atoms with Crippen LogP contribution in [0.4, 0.5) is 0 Å². The zero-order valence-electron chi connectivity index (χ0n) is 11.8. The normalized spacial score (nSPS) is 20.1. The summed E-state index contributed by atoms with van der Waals surface area (Å²) in [6.07, 6.45) is 6.88. The van der Waals surface area contributed by atoms with Gasteiger partial charge in [0.2, 0.25) is 0 Å². The zero-order chi connectivity index (χ0) is 13.9. The lowest BCUT2D eigenvalue weighted by molar-refractivity contribution is 0.0851. The summed E-state index contributed by atoms with van der Waals surface area (Å²) in [5.74, 6) is 1.65. The van der Waals surface area contributed by atoms with Gasteiger partial charge in [0, 0.05) is 17.5 Å². The van der Waals surface area contributed by atoms with Crippen LogP contribution in [0.25, 0.3) is 0 Å². The summed E-state index contributed by atoms with van der Waals surface area (Å²) in [5, 5.41) is 10.1. The zero-order valence-corrected chi connectivity index (χ0v) is 11.8. The first-order chi connectivity index (χ1) is 9.74. The predicted octanol–water partition coefficient (Wildman–Crippen LogP) is 3.14. The number of benzene rings is 1. The summed E-state index contributed by atoms with van der Waals surface area (Å²) in [5.41, 5.74) is 1.82. The van der Waals surface area contributed by atoms with Gasteiger partial charge in [0.05, 0.1) is 6.10 Å². The van der Waals surface area contributed by atoms with Gasteiger partial charge in [0.15, 0.2) is 5.78 Å². The Morgan fingerprint density at radius 2 is 2.05 bits per heavy atom. The molecule has 1 saturated carbocycles. The van der Waals surface area contributed by atoms with Gasteiger partial charge in [-0.3, -0.25) is 4.79 Å². The molecule has 108 valence electrons. The van der Waals surface area contributed by atoms with E-state index >= 15 is 0 Å². The molecule has 0 heterocycles. The van der Waals surface area contributed by atoms with Crippen molar-refractivity contribution in [3.8, 4) is 5.75 Å². The van der Waals surface area contributed by atoms with Gasteiger partial charge < -0.3 is 9.84 Å². The van der Waals surface area contributed by atoms with Crippen LogP contribution in [0.5, 0.6) is 5.75 Å². The number of hydrogen-bond acceptors (Lipinski definition) is 3. The van der Waals surface area contributed by atoms with Crippen LogP contribution in [0.1, 0.15) is 54.4 Å². The molecule has 1 N–H and O–H groups in total. The molecular formula is C17H22O3. The van der Waals surface area contributed by atoms with Crippen LogP contribution in [0, 0.1) is 5.92 Å². The van der Waals surface area contributed by atoms with Crippen LogP contribution in [0.15, 0.2) is 18.2 Å². The maximum atomic E-state index is 11.7. The molecule has 1 atom stereocenters. The van der Waals surface area contributed by atoms with E-state index in [1.807, 2.05) is 18.2 Å². The van der Waals surface area contributed by atoms with Gasteiger partial charge in [-0.15, -0.1) is 0 Å². The monoisotopic (exact) mass is 274 g/mol. The molecule has 0 radical (unpaired) electrons. The highest BCUT2D eigenvalue weighted by Crippen LogP contribution is 2.31. The molecule has 1 unspecified atom stereocenters. The smallest absolute Gasteiger partial charge is 0.163 e. The molecule has 3 nitrogen and oxygen atoms in total. The molecule has 2 aliphatic carbocycles. The Balaban J connectivity index is 1.57. The SMILES string of the molecule is O=C1CCc2c(OCC(O)CC3CCCC3)cccc21. The Bertz CT molecular complexity index is 489. The van der Waals surface area contributed by atoms with Crippen LogP contribution in [-0.4, -0.2) is 23.6 Å². The fourth-order valence-corrected chi connectivity index (χ4v) is 3.48. The quantitative estimate of drug-likeness (QED) is 0.897. The van der Waals surface area contributed by atoms with E-state index < -0.39 is 6.10 Å². The lowest BCUT2D eigenvalue weighted by Gasteiger charge is -2.17. The number of Topliss-reactive ketones (excluding diaryl/α,β-unsaturated/α-hetero) is 1. The van der Waals surface area contributed by atoms with Crippen LogP contribution < -0.4 is 4.74 Å². The Kier molecular flexibility index (Phi) is 4.06. The van der Waals surface area contributed by atoms with E-state index in [1.165, 1.54) is 25.7 Å². The van der Waals surface area contributed by atoms with Gasteiger partial charge in [-0.1, -0.05) is 37.8 Å². The molecule has 1 aromatic carbocycles. The summed E-state index contributed by atoms with van der Waals surface area (Å²) in [7, 11) is 0. The third kappa shape index (κ3) is 2.88. The second-order valence-corrected chi connectivity index (χ2v) is 6.06. The summed E-state index contributed by atoms with van der Waals surface area (Å²) in [4.78, 5) is 11.7. The van der Waals surface area contributed by atoms with E-state index in [1.54, 1.807) is 0 Å². The second-order valence-electron chi connectivity index (χ2n) is 6.06. The molecule has 0 amide bonds. The second kappa shape index (κ2) is 5.96. The highest BCUT2D eigenvalue weighted by molar-refractivity contribution is 6.01. The maximum Gasteiger partial charge on any atom is 0.163 e. The van der Waals surface area contributed by atoms with Crippen LogP contribution >= 0.6 is 0 Å². The topological polar surface area (TPSA) is 46.5 Å². The number of ether oxygens (including phenoxy) is 1. The number of rotatable bonds is 5. The fourth-order valence-electron chi connectivity index (χ4n) is 3.48. The fraction of sp³-hybridized carbons (Fsp3) is 0.588. The van der Waals surface area contributed by atoms with E-state index in [4.69, 9.17) is 4.74 Å². The third-order valence-corrected chi connectivity index (χ3v) is 4.55. The number of carbonyl (C=O) groups is 1. The van der Waals surface area contributed by atoms with Crippen molar-refractivity contribution >= 4 is 5.78 Å². The van der Waals surface area contributed by atoms with Gasteiger partial charge in [0.25, 0.3) is 0 Å². The third-order valence-electron chi connectivity index (χ3n) is 4.55. The van der Waals surface area contributed by atoms with Gasteiger partial charge >= 0.3 is 0 Å². The van der Waals surface area contributed by atoms with Crippen molar-refractivity contribution in [3.63, 3.8) is 0 Å². The average molecular weight is 274 g/mol. The highest BCUT2D eigenvalue weighted by Gasteiger charge is 2.23. The number of hydrogen-bond donors (Lipinski definition) is 1. The van der Waals surface area contributed by atoms with Gasteiger partial charge in [-0.25, -0.2) is 0 Å². The van der Waals surface area contributed by atoms with Crippen molar-refractivity contribution in [2.45, 2.75) is 51.0 Å². The number of aliphatic hydroxyl groups is 1. The number of fused-ring (bicyclic) bond motifs is 1. The minimum absolute atomic E-state index is 0.206. The molecule has 0 spiro atoms.